The summed E-state index contributed by atoms with van der Waals surface area (Å²) >= 11 is 0. The molecule has 1 aliphatic rings. The van der Waals surface area contributed by atoms with Crippen LogP contribution in [0.4, 0.5) is 4.79 Å². The van der Waals surface area contributed by atoms with E-state index < -0.39 is 35.5 Å². The Bertz CT molecular complexity index is 1650. The van der Waals surface area contributed by atoms with Gasteiger partial charge in [0.05, 0.1) is 11.6 Å². The van der Waals surface area contributed by atoms with Crippen molar-refractivity contribution in [1.82, 2.24) is 19.9 Å². The molecule has 4 aromatic rings. The molecule has 11 nitrogen and oxygen atoms in total. The number of fused-ring (bicyclic) bond motifs is 2. The minimum Gasteiger partial charge on any atom is -0.480 e. The molecule has 1 unspecified atom stereocenters. The zero-order chi connectivity index (χ0) is 30.7. The maximum Gasteiger partial charge on any atom is 0.419 e. The second-order valence-electron chi connectivity index (χ2n) is 11.6. The Balaban J connectivity index is 1.45. The lowest BCUT2D eigenvalue weighted by atomic mass is 9.92. The first-order valence-electron chi connectivity index (χ1n) is 14.3. The molecule has 0 aliphatic carbocycles. The van der Waals surface area contributed by atoms with Crippen molar-refractivity contribution in [3.05, 3.63) is 77.5 Å². The van der Waals surface area contributed by atoms with Crippen LogP contribution in [0.5, 0.6) is 11.5 Å². The van der Waals surface area contributed by atoms with E-state index in [-0.39, 0.29) is 19.6 Å². The van der Waals surface area contributed by atoms with E-state index in [4.69, 9.17) is 14.2 Å². The number of H-pyrrole nitrogens is 1. The number of aromatic nitrogens is 3. The van der Waals surface area contributed by atoms with Crippen LogP contribution < -0.4 is 14.8 Å². The zero-order valence-corrected chi connectivity index (χ0v) is 24.7. The summed E-state index contributed by atoms with van der Waals surface area (Å²) in [5, 5.41) is 13.7. The van der Waals surface area contributed by atoms with Crippen LogP contribution in [0.25, 0.3) is 10.9 Å². The summed E-state index contributed by atoms with van der Waals surface area (Å²) in [6.45, 7) is 7.42. The van der Waals surface area contributed by atoms with Gasteiger partial charge in [0.15, 0.2) is 11.5 Å². The van der Waals surface area contributed by atoms with Crippen LogP contribution in [-0.2, 0) is 33.6 Å². The van der Waals surface area contributed by atoms with Crippen molar-refractivity contribution in [3.63, 3.8) is 0 Å². The Morgan fingerprint density at radius 1 is 1.12 bits per heavy atom. The number of aliphatic carboxylic acids is 1. The Labute approximate surface area is 249 Å². The quantitative estimate of drug-likeness (QED) is 0.236. The van der Waals surface area contributed by atoms with Gasteiger partial charge in [0, 0.05) is 42.6 Å². The van der Waals surface area contributed by atoms with Crippen LogP contribution in [0, 0.1) is 0 Å². The highest BCUT2D eigenvalue weighted by Gasteiger charge is 2.30. The molecule has 0 spiro atoms. The lowest BCUT2D eigenvalue weighted by molar-refractivity contribution is -0.142. The maximum absolute atomic E-state index is 13.9. The monoisotopic (exact) mass is 588 g/mol. The van der Waals surface area contributed by atoms with E-state index in [9.17, 15) is 19.5 Å². The fourth-order valence-electron chi connectivity index (χ4n) is 5.13. The average molecular weight is 589 g/mol. The highest BCUT2D eigenvalue weighted by atomic mass is 16.7. The van der Waals surface area contributed by atoms with E-state index >= 15 is 0 Å². The number of nitrogens with zero attached hydrogens (tertiary/aromatic N) is 2. The summed E-state index contributed by atoms with van der Waals surface area (Å²) < 4.78 is 18.0. The first-order chi connectivity index (χ1) is 20.5. The molecule has 2 atom stereocenters. The van der Waals surface area contributed by atoms with Gasteiger partial charge in [-0.15, -0.1) is 0 Å². The standard InChI is InChI=1S/C32H36N4O7/c1-5-8-28-34-21(17-36(28)31(40)43-32(2,3)4)15-23(19-11-12-26-27(14-19)42-18-41-26)29(37)35-25(30(38)39)13-20-16-33-24-10-7-6-9-22(20)24/h6-7,9-12,14,16-17,23,25,33H,5,8,13,15,18H2,1-4H3,(H,35,37)(H,38,39)/t23?,25-/m0/s1. The summed E-state index contributed by atoms with van der Waals surface area (Å²) in [4.78, 5) is 47.1. The smallest absolute Gasteiger partial charge is 0.419 e. The maximum atomic E-state index is 13.9. The van der Waals surface area contributed by atoms with E-state index in [1.807, 2.05) is 31.2 Å². The van der Waals surface area contributed by atoms with Gasteiger partial charge in [-0.1, -0.05) is 31.2 Å². The third kappa shape index (κ3) is 6.82. The number of para-hydroxylation sites is 1. The zero-order valence-electron chi connectivity index (χ0n) is 24.7. The number of carboxylic acid groups (broad SMARTS) is 1. The van der Waals surface area contributed by atoms with Gasteiger partial charge in [-0.3, -0.25) is 4.79 Å². The molecule has 0 fully saturated rings. The molecule has 11 heteroatoms. The van der Waals surface area contributed by atoms with E-state index in [2.05, 4.69) is 15.3 Å². The predicted molar refractivity (Wildman–Crippen MR) is 158 cm³/mol. The molecule has 0 saturated carbocycles. The van der Waals surface area contributed by atoms with E-state index in [0.29, 0.717) is 35.0 Å². The molecule has 43 heavy (non-hydrogen) atoms. The lowest BCUT2D eigenvalue weighted by Gasteiger charge is -2.21. The number of aromatic amines is 1. The summed E-state index contributed by atoms with van der Waals surface area (Å²) in [5.74, 6) is -0.896. The van der Waals surface area contributed by atoms with E-state index in [0.717, 1.165) is 22.9 Å². The molecule has 2 aromatic carbocycles. The Morgan fingerprint density at radius 2 is 1.88 bits per heavy atom. The normalized spacial score (nSPS) is 14.0. The number of ether oxygens (including phenoxy) is 3. The molecule has 0 radical (unpaired) electrons. The molecule has 0 bridgehead atoms. The average Bonchev–Trinajstić information content (AvgIpc) is 3.69. The second-order valence-corrected chi connectivity index (χ2v) is 11.6. The number of benzene rings is 2. The highest BCUT2D eigenvalue weighted by Crippen LogP contribution is 2.36. The molecular weight excluding hydrogens is 552 g/mol. The fraction of sp³-hybridized carbons (Fsp3) is 0.375. The molecule has 0 saturated heterocycles. The number of carbonyl (C=O) groups is 3. The highest BCUT2D eigenvalue weighted by molar-refractivity contribution is 5.90. The van der Waals surface area contributed by atoms with Crippen LogP contribution in [0.2, 0.25) is 0 Å². The first-order valence-corrected chi connectivity index (χ1v) is 14.3. The number of carbonyl (C=O) groups excluding carboxylic acids is 2. The third-order valence-electron chi connectivity index (χ3n) is 7.13. The largest absolute Gasteiger partial charge is 0.480 e. The SMILES string of the molecule is CCCc1nc(CC(C(=O)N[C@@H](Cc2c[nH]c3ccccc23)C(=O)O)c2ccc3c(c2)OCO3)cn1C(=O)OC(C)(C)C. The summed E-state index contributed by atoms with van der Waals surface area (Å²) in [6, 6.07) is 11.6. The molecule has 1 amide bonds. The molecule has 2 aromatic heterocycles. The van der Waals surface area contributed by atoms with Crippen molar-refractivity contribution in [3.8, 4) is 11.5 Å². The topological polar surface area (TPSA) is 145 Å². The van der Waals surface area contributed by atoms with Crippen LogP contribution in [0.15, 0.2) is 54.9 Å². The Kier molecular flexibility index (Phi) is 8.43. The number of imidazole rings is 1. The molecule has 226 valence electrons. The van der Waals surface area contributed by atoms with Crippen molar-refractivity contribution in [2.24, 2.45) is 0 Å². The molecule has 5 rings (SSSR count). The second kappa shape index (κ2) is 12.2. The fourth-order valence-corrected chi connectivity index (χ4v) is 5.13. The van der Waals surface area contributed by atoms with Crippen molar-refractivity contribution >= 4 is 28.9 Å². The van der Waals surface area contributed by atoms with Crippen LogP contribution >= 0.6 is 0 Å². The number of hydrogen-bond acceptors (Lipinski definition) is 7. The number of carboxylic acids is 1. The van der Waals surface area contributed by atoms with Gasteiger partial charge >= 0.3 is 12.1 Å². The van der Waals surface area contributed by atoms with Gasteiger partial charge in [-0.05, 0) is 56.5 Å². The first kappa shape index (κ1) is 29.7. The number of amides is 1. The number of hydrogen-bond donors (Lipinski definition) is 3. The molecule has 3 heterocycles. The number of nitrogens with one attached hydrogen (secondary N) is 2. The van der Waals surface area contributed by atoms with Gasteiger partial charge in [0.2, 0.25) is 12.7 Å². The Hall–Kier alpha value is -4.80. The van der Waals surface area contributed by atoms with Gasteiger partial charge in [-0.2, -0.15) is 0 Å². The minimum atomic E-state index is -1.18. The van der Waals surface area contributed by atoms with Crippen LogP contribution in [-0.4, -0.2) is 56.0 Å². The minimum absolute atomic E-state index is 0.0715. The Morgan fingerprint density at radius 3 is 2.63 bits per heavy atom. The van der Waals surface area contributed by atoms with Crippen molar-refractivity contribution in [2.45, 2.75) is 70.9 Å². The summed E-state index contributed by atoms with van der Waals surface area (Å²) in [7, 11) is 0. The number of rotatable bonds is 10. The van der Waals surface area contributed by atoms with Gasteiger partial charge in [0.1, 0.15) is 17.5 Å². The van der Waals surface area contributed by atoms with Crippen LogP contribution in [0.1, 0.15) is 62.7 Å². The van der Waals surface area contributed by atoms with Gasteiger partial charge in [0.25, 0.3) is 0 Å². The van der Waals surface area contributed by atoms with Crippen molar-refractivity contribution < 1.29 is 33.7 Å². The summed E-state index contributed by atoms with van der Waals surface area (Å²) in [5.41, 5.74) is 2.06. The van der Waals surface area contributed by atoms with Gasteiger partial charge < -0.3 is 29.6 Å². The predicted octanol–water partition coefficient (Wildman–Crippen LogP) is 4.97. The third-order valence-corrected chi connectivity index (χ3v) is 7.13. The molecular formula is C32H36N4O7. The van der Waals surface area contributed by atoms with E-state index in [1.54, 1.807) is 51.4 Å². The van der Waals surface area contributed by atoms with Gasteiger partial charge in [-0.25, -0.2) is 19.1 Å². The molecule has 3 N–H and O–H groups in total. The molecule has 1 aliphatic heterocycles. The van der Waals surface area contributed by atoms with Crippen LogP contribution in [0.3, 0.4) is 0 Å². The lowest BCUT2D eigenvalue weighted by Crippen LogP contribution is -2.44. The number of aryl methyl sites for hydroxylation is 1. The van der Waals surface area contributed by atoms with Crippen molar-refractivity contribution in [1.29, 1.82) is 0 Å². The van der Waals surface area contributed by atoms with Crippen molar-refractivity contribution in [2.75, 3.05) is 6.79 Å². The van der Waals surface area contributed by atoms with E-state index in [1.165, 1.54) is 4.57 Å². The summed E-state index contributed by atoms with van der Waals surface area (Å²) in [6.07, 6.45) is 4.28.